The molecule has 1 unspecified atom stereocenters. The van der Waals surface area contributed by atoms with E-state index in [1.165, 1.54) is 13.1 Å². The summed E-state index contributed by atoms with van der Waals surface area (Å²) in [5, 5.41) is 13.7. The first-order valence-corrected chi connectivity index (χ1v) is 5.96. The number of hydrogen-bond donors (Lipinski definition) is 1. The highest BCUT2D eigenvalue weighted by Gasteiger charge is 2.41. The summed E-state index contributed by atoms with van der Waals surface area (Å²) in [5.74, 6) is -1.81. The number of imide groups is 1. The average Bonchev–Trinajstić information content (AvgIpc) is 2.71. The predicted octanol–water partition coefficient (Wildman–Crippen LogP) is 0.758. The van der Waals surface area contributed by atoms with Crippen LogP contribution in [0.1, 0.15) is 12.5 Å². The van der Waals surface area contributed by atoms with Gasteiger partial charge in [0.25, 0.3) is 5.91 Å². The minimum Gasteiger partial charge on any atom is -0.480 e. The second kappa shape index (κ2) is 5.52. The lowest BCUT2D eigenvalue weighted by Gasteiger charge is -2.17. The summed E-state index contributed by atoms with van der Waals surface area (Å²) in [7, 11) is 0. The van der Waals surface area contributed by atoms with Gasteiger partial charge in [-0.2, -0.15) is 5.10 Å². The molecule has 0 saturated carbocycles. The van der Waals surface area contributed by atoms with Crippen molar-refractivity contribution in [3.8, 4) is 0 Å². The van der Waals surface area contributed by atoms with E-state index in [2.05, 4.69) is 5.10 Å². The Hall–Kier alpha value is -2.70. The fourth-order valence-electron chi connectivity index (χ4n) is 1.76. The highest BCUT2D eigenvalue weighted by molar-refractivity contribution is 6.05. The quantitative estimate of drug-likeness (QED) is 0.648. The molecule has 1 heterocycles. The SMILES string of the molecule is CC(C(=O)O)N1C(=O)CN(/N=C/c2ccccc2)C1=O. The molecule has 1 aromatic rings. The Balaban J connectivity index is 2.12. The molecule has 104 valence electrons. The van der Waals surface area contributed by atoms with Gasteiger partial charge in [0.05, 0.1) is 6.21 Å². The first-order valence-electron chi connectivity index (χ1n) is 5.96. The Bertz CT molecular complexity index is 570. The molecule has 1 aromatic carbocycles. The summed E-state index contributed by atoms with van der Waals surface area (Å²) < 4.78 is 0. The van der Waals surface area contributed by atoms with Crippen molar-refractivity contribution in [1.29, 1.82) is 0 Å². The van der Waals surface area contributed by atoms with Crippen LogP contribution >= 0.6 is 0 Å². The Morgan fingerprint density at radius 2 is 2.00 bits per heavy atom. The molecule has 7 heteroatoms. The first kappa shape index (κ1) is 13.7. The summed E-state index contributed by atoms with van der Waals surface area (Å²) in [5.41, 5.74) is 0.775. The van der Waals surface area contributed by atoms with Gasteiger partial charge in [-0.15, -0.1) is 0 Å². The molecule has 0 aromatic heterocycles. The average molecular weight is 275 g/mol. The van der Waals surface area contributed by atoms with Crippen LogP contribution in [0.25, 0.3) is 0 Å². The fourth-order valence-corrected chi connectivity index (χ4v) is 1.76. The number of aliphatic carboxylic acids is 1. The van der Waals surface area contributed by atoms with Crippen LogP contribution in [0.2, 0.25) is 0 Å². The van der Waals surface area contributed by atoms with Crippen molar-refractivity contribution in [2.24, 2.45) is 5.10 Å². The van der Waals surface area contributed by atoms with E-state index >= 15 is 0 Å². The summed E-state index contributed by atoms with van der Waals surface area (Å²) in [6.45, 7) is 1.03. The molecule has 1 saturated heterocycles. The van der Waals surface area contributed by atoms with Crippen LogP contribution in [0, 0.1) is 0 Å². The molecule has 1 atom stereocenters. The van der Waals surface area contributed by atoms with Crippen LogP contribution in [0.4, 0.5) is 4.79 Å². The van der Waals surface area contributed by atoms with Crippen LogP contribution in [0.5, 0.6) is 0 Å². The maximum atomic E-state index is 11.9. The molecule has 0 spiro atoms. The van der Waals surface area contributed by atoms with E-state index in [1.807, 2.05) is 18.2 Å². The number of rotatable bonds is 4. The van der Waals surface area contributed by atoms with Crippen molar-refractivity contribution in [3.63, 3.8) is 0 Å². The smallest absolute Gasteiger partial charge is 0.348 e. The number of amides is 3. The topological polar surface area (TPSA) is 90.3 Å². The maximum absolute atomic E-state index is 11.9. The molecule has 7 nitrogen and oxygen atoms in total. The molecular formula is C13H13N3O4. The lowest BCUT2D eigenvalue weighted by Crippen LogP contribution is -2.43. The third-order valence-electron chi connectivity index (χ3n) is 2.87. The molecule has 1 aliphatic rings. The van der Waals surface area contributed by atoms with Gasteiger partial charge in [-0.1, -0.05) is 30.3 Å². The van der Waals surface area contributed by atoms with Crippen LogP contribution < -0.4 is 0 Å². The molecule has 1 N–H and O–H groups in total. The zero-order valence-corrected chi connectivity index (χ0v) is 10.8. The van der Waals surface area contributed by atoms with Crippen molar-refractivity contribution in [1.82, 2.24) is 9.91 Å². The maximum Gasteiger partial charge on any atom is 0.348 e. The minimum atomic E-state index is -1.24. The second-order valence-electron chi connectivity index (χ2n) is 4.27. The molecule has 1 fully saturated rings. The highest BCUT2D eigenvalue weighted by Crippen LogP contribution is 2.14. The number of hydrazone groups is 1. The highest BCUT2D eigenvalue weighted by atomic mass is 16.4. The van der Waals surface area contributed by atoms with Crippen molar-refractivity contribution in [2.75, 3.05) is 6.54 Å². The van der Waals surface area contributed by atoms with Gasteiger partial charge >= 0.3 is 12.0 Å². The molecule has 0 radical (unpaired) electrons. The van der Waals surface area contributed by atoms with Gasteiger partial charge < -0.3 is 5.11 Å². The van der Waals surface area contributed by atoms with E-state index in [9.17, 15) is 14.4 Å². The van der Waals surface area contributed by atoms with E-state index in [0.717, 1.165) is 10.6 Å². The molecule has 0 aliphatic carbocycles. The number of carboxylic acid groups (broad SMARTS) is 1. The Labute approximate surface area is 115 Å². The third kappa shape index (κ3) is 2.66. The number of urea groups is 1. The number of benzene rings is 1. The Kier molecular flexibility index (Phi) is 3.79. The Morgan fingerprint density at radius 1 is 1.35 bits per heavy atom. The number of carbonyl (C=O) groups excluding carboxylic acids is 2. The van der Waals surface area contributed by atoms with Gasteiger partial charge in [0.2, 0.25) is 0 Å². The third-order valence-corrected chi connectivity index (χ3v) is 2.87. The Morgan fingerprint density at radius 3 is 2.60 bits per heavy atom. The molecular weight excluding hydrogens is 262 g/mol. The van der Waals surface area contributed by atoms with Gasteiger partial charge in [0.15, 0.2) is 0 Å². The molecule has 3 amide bonds. The largest absolute Gasteiger partial charge is 0.480 e. The molecule has 2 rings (SSSR count). The number of hydrogen-bond acceptors (Lipinski definition) is 4. The summed E-state index contributed by atoms with van der Waals surface area (Å²) in [4.78, 5) is 35.2. The predicted molar refractivity (Wildman–Crippen MR) is 70.1 cm³/mol. The van der Waals surface area contributed by atoms with Gasteiger partial charge in [-0.05, 0) is 12.5 Å². The van der Waals surface area contributed by atoms with E-state index in [4.69, 9.17) is 5.11 Å². The molecule has 0 bridgehead atoms. The summed E-state index contributed by atoms with van der Waals surface area (Å²) in [6, 6.07) is 7.14. The van der Waals surface area contributed by atoms with Crippen molar-refractivity contribution < 1.29 is 19.5 Å². The van der Waals surface area contributed by atoms with E-state index < -0.39 is 23.9 Å². The fraction of sp³-hybridized carbons (Fsp3) is 0.231. The molecule has 1 aliphatic heterocycles. The van der Waals surface area contributed by atoms with Crippen LogP contribution in [-0.4, -0.2) is 51.7 Å². The van der Waals surface area contributed by atoms with Crippen LogP contribution in [-0.2, 0) is 9.59 Å². The van der Waals surface area contributed by atoms with Crippen molar-refractivity contribution in [2.45, 2.75) is 13.0 Å². The zero-order valence-electron chi connectivity index (χ0n) is 10.8. The minimum absolute atomic E-state index is 0.250. The monoisotopic (exact) mass is 275 g/mol. The van der Waals surface area contributed by atoms with Gasteiger partial charge in [-0.25, -0.2) is 19.5 Å². The van der Waals surface area contributed by atoms with Gasteiger partial charge in [-0.3, -0.25) is 4.79 Å². The summed E-state index contributed by atoms with van der Waals surface area (Å²) >= 11 is 0. The number of nitrogens with zero attached hydrogens (tertiary/aromatic N) is 3. The zero-order chi connectivity index (χ0) is 14.7. The van der Waals surface area contributed by atoms with Crippen molar-refractivity contribution >= 4 is 24.1 Å². The van der Waals surface area contributed by atoms with Gasteiger partial charge in [0, 0.05) is 0 Å². The number of carbonyl (C=O) groups is 3. The van der Waals surface area contributed by atoms with Gasteiger partial charge in [0.1, 0.15) is 12.6 Å². The van der Waals surface area contributed by atoms with E-state index in [1.54, 1.807) is 12.1 Å². The summed E-state index contributed by atoms with van der Waals surface area (Å²) in [6.07, 6.45) is 1.44. The van der Waals surface area contributed by atoms with E-state index in [-0.39, 0.29) is 6.54 Å². The van der Waals surface area contributed by atoms with E-state index in [0.29, 0.717) is 4.90 Å². The lowest BCUT2D eigenvalue weighted by atomic mass is 10.2. The van der Waals surface area contributed by atoms with Crippen molar-refractivity contribution in [3.05, 3.63) is 35.9 Å². The van der Waals surface area contributed by atoms with Crippen LogP contribution in [0.3, 0.4) is 0 Å². The lowest BCUT2D eigenvalue weighted by molar-refractivity contribution is -0.145. The number of carboxylic acids is 1. The normalized spacial score (nSPS) is 17.1. The standard InChI is InChI=1S/C13H13N3O4/c1-9(12(18)19)16-11(17)8-15(13(16)20)14-7-10-5-3-2-4-6-10/h2-7,9H,8H2,1H3,(H,18,19)/b14-7+. The van der Waals surface area contributed by atoms with Crippen LogP contribution in [0.15, 0.2) is 35.4 Å². The molecule has 20 heavy (non-hydrogen) atoms. The first-order chi connectivity index (χ1) is 9.50. The second-order valence-corrected chi connectivity index (χ2v) is 4.27.